The fourth-order valence-corrected chi connectivity index (χ4v) is 5.41. The second-order valence-corrected chi connectivity index (χ2v) is 9.85. The van der Waals surface area contributed by atoms with Crippen molar-refractivity contribution in [3.8, 4) is 0 Å². The highest BCUT2D eigenvalue weighted by atomic mass is 35.5. The topological polar surface area (TPSA) is 94.7 Å². The van der Waals surface area contributed by atoms with E-state index in [9.17, 15) is 14.7 Å². The van der Waals surface area contributed by atoms with Gasteiger partial charge in [0.2, 0.25) is 0 Å². The average Bonchev–Trinajstić information content (AvgIpc) is 2.81. The molecule has 0 amide bonds. The van der Waals surface area contributed by atoms with E-state index in [1.165, 1.54) is 0 Å². The Kier molecular flexibility index (Phi) is 9.39. The average molecular weight is 504 g/mol. The third kappa shape index (κ3) is 6.46. The highest BCUT2D eigenvalue weighted by Crippen LogP contribution is 2.36. The van der Waals surface area contributed by atoms with Gasteiger partial charge >= 0.3 is 5.97 Å². The molecule has 3 rings (SSSR count). The number of ether oxygens (including phenoxy) is 1. The normalized spacial score (nSPS) is 18.8. The summed E-state index contributed by atoms with van der Waals surface area (Å²) in [5.41, 5.74) is 4.75. The molecule has 3 N–H and O–H groups in total. The zero-order valence-corrected chi connectivity index (χ0v) is 22.2. The number of aliphatic hydroxyl groups is 1. The zero-order chi connectivity index (χ0) is 25.7. The third-order valence-electron chi connectivity index (χ3n) is 7.05. The minimum Gasteiger partial charge on any atom is -0.466 e. The molecular weight excluding hydrogens is 466 g/mol. The molecule has 0 radical (unpaired) electrons. The van der Waals surface area contributed by atoms with Crippen LogP contribution in [0.5, 0.6) is 0 Å². The number of hydrogen-bond acceptors (Lipinski definition) is 6. The van der Waals surface area contributed by atoms with Gasteiger partial charge in [-0.25, -0.2) is 0 Å². The number of halogens is 1. The van der Waals surface area contributed by atoms with Gasteiger partial charge in [0.05, 0.1) is 12.5 Å². The Bertz CT molecular complexity index is 1090. The van der Waals surface area contributed by atoms with E-state index in [1.54, 1.807) is 6.07 Å². The number of anilines is 1. The number of aryl methyl sites for hydroxylation is 2. The predicted octanol–water partition coefficient (Wildman–Crippen LogP) is 4.68. The Morgan fingerprint density at radius 2 is 1.89 bits per heavy atom. The molecule has 0 saturated heterocycles. The molecule has 35 heavy (non-hydrogen) atoms. The van der Waals surface area contributed by atoms with E-state index >= 15 is 0 Å². The highest BCUT2D eigenvalue weighted by Gasteiger charge is 2.31. The summed E-state index contributed by atoms with van der Waals surface area (Å²) < 4.78 is 5.21. The summed E-state index contributed by atoms with van der Waals surface area (Å²) in [5, 5.41) is 14.6. The predicted molar refractivity (Wildman–Crippen MR) is 140 cm³/mol. The van der Waals surface area contributed by atoms with Gasteiger partial charge in [0, 0.05) is 46.7 Å². The number of esters is 1. The summed E-state index contributed by atoms with van der Waals surface area (Å²) in [7, 11) is 0. The van der Waals surface area contributed by atoms with Crippen molar-refractivity contribution in [2.24, 2.45) is 5.92 Å². The molecular formula is C27H38ClN3O4. The summed E-state index contributed by atoms with van der Waals surface area (Å²) >= 11 is 6.51. The number of aliphatic hydroxyl groups excluding tert-OH is 1. The van der Waals surface area contributed by atoms with Crippen molar-refractivity contribution >= 4 is 23.3 Å². The zero-order valence-electron chi connectivity index (χ0n) is 21.4. The van der Waals surface area contributed by atoms with Crippen molar-refractivity contribution < 1.29 is 14.6 Å². The Balaban J connectivity index is 1.77. The molecule has 0 spiro atoms. The largest absolute Gasteiger partial charge is 0.466 e. The number of nitrogens with one attached hydrogen (secondary N) is 2. The number of rotatable bonds is 9. The number of benzene rings is 1. The van der Waals surface area contributed by atoms with E-state index in [2.05, 4.69) is 22.1 Å². The van der Waals surface area contributed by atoms with Crippen molar-refractivity contribution in [1.82, 2.24) is 10.3 Å². The lowest BCUT2D eigenvalue weighted by Gasteiger charge is -2.38. The van der Waals surface area contributed by atoms with Gasteiger partial charge in [0.25, 0.3) is 5.56 Å². The van der Waals surface area contributed by atoms with Gasteiger partial charge in [-0.1, -0.05) is 11.6 Å². The molecule has 1 saturated carbocycles. The number of carbonyl (C=O) groups is 1. The summed E-state index contributed by atoms with van der Waals surface area (Å²) in [6, 6.07) is 5.93. The van der Waals surface area contributed by atoms with Crippen LogP contribution in [-0.2, 0) is 16.1 Å². The van der Waals surface area contributed by atoms with Gasteiger partial charge in [0.15, 0.2) is 0 Å². The fourth-order valence-electron chi connectivity index (χ4n) is 5.19. The molecule has 1 aromatic carbocycles. The molecule has 8 heteroatoms. The van der Waals surface area contributed by atoms with E-state index < -0.39 is 6.23 Å². The lowest BCUT2D eigenvalue weighted by atomic mass is 9.85. The highest BCUT2D eigenvalue weighted by molar-refractivity contribution is 6.31. The maximum absolute atomic E-state index is 12.4. The van der Waals surface area contributed by atoms with E-state index in [0.717, 1.165) is 54.7 Å². The first-order chi connectivity index (χ1) is 16.7. The third-order valence-corrected chi connectivity index (χ3v) is 7.27. The van der Waals surface area contributed by atoms with Crippen molar-refractivity contribution in [3.63, 3.8) is 0 Å². The van der Waals surface area contributed by atoms with Crippen molar-refractivity contribution in [3.05, 3.63) is 61.5 Å². The van der Waals surface area contributed by atoms with Gasteiger partial charge in [-0.3, -0.25) is 14.9 Å². The summed E-state index contributed by atoms with van der Waals surface area (Å²) in [5.74, 6) is -0.118. The standard InChI is InChI=1S/C27H38ClN3O4/c1-6-31(21-10-8-19(9-11-21)27(34)35-7-2)24-14-20(28)13-22(18(24)5)25(32)29-15-23-16(3)12-17(4)30-26(23)33/h12-14,19,21,25,29,32H,6-11,15H2,1-5H3,(H,30,33)/t19-,21-,25?. The molecule has 1 atom stereocenters. The van der Waals surface area contributed by atoms with Crippen LogP contribution in [0.15, 0.2) is 23.0 Å². The number of aromatic nitrogens is 1. The van der Waals surface area contributed by atoms with E-state index in [4.69, 9.17) is 16.3 Å². The van der Waals surface area contributed by atoms with Crippen LogP contribution in [-0.4, -0.2) is 35.3 Å². The maximum atomic E-state index is 12.4. The van der Waals surface area contributed by atoms with Crippen LogP contribution in [0.25, 0.3) is 0 Å². The second kappa shape index (κ2) is 12.1. The van der Waals surface area contributed by atoms with E-state index in [0.29, 0.717) is 22.8 Å². The maximum Gasteiger partial charge on any atom is 0.308 e. The molecule has 1 aliphatic carbocycles. The van der Waals surface area contributed by atoms with Crippen LogP contribution < -0.4 is 15.8 Å². The lowest BCUT2D eigenvalue weighted by Crippen LogP contribution is -2.40. The number of pyridine rings is 1. The Hall–Kier alpha value is -2.35. The van der Waals surface area contributed by atoms with Crippen LogP contribution in [0.2, 0.25) is 5.02 Å². The minimum atomic E-state index is -0.981. The van der Waals surface area contributed by atoms with Crippen LogP contribution >= 0.6 is 11.6 Å². The minimum absolute atomic E-state index is 0.0275. The SMILES string of the molecule is CCOC(=O)[C@H]1CC[C@H](N(CC)c2cc(Cl)cc(C(O)NCc3c(C)cc(C)[nH]c3=O)c2C)CC1. The van der Waals surface area contributed by atoms with Gasteiger partial charge in [-0.05, 0) is 89.6 Å². The number of hydrogen-bond donors (Lipinski definition) is 3. The smallest absolute Gasteiger partial charge is 0.308 e. The first-order valence-electron chi connectivity index (χ1n) is 12.5. The van der Waals surface area contributed by atoms with Crippen molar-refractivity contribution in [2.45, 2.75) is 79.1 Å². The molecule has 1 fully saturated rings. The van der Waals surface area contributed by atoms with Gasteiger partial charge in [-0.15, -0.1) is 0 Å². The second-order valence-electron chi connectivity index (χ2n) is 9.41. The monoisotopic (exact) mass is 503 g/mol. The van der Waals surface area contributed by atoms with Crippen LogP contribution in [0.1, 0.15) is 73.7 Å². The Morgan fingerprint density at radius 3 is 2.49 bits per heavy atom. The molecule has 0 aliphatic heterocycles. The summed E-state index contributed by atoms with van der Waals surface area (Å²) in [4.78, 5) is 29.6. The van der Waals surface area contributed by atoms with Crippen LogP contribution in [0, 0.1) is 26.7 Å². The molecule has 1 unspecified atom stereocenters. The fraction of sp³-hybridized carbons (Fsp3) is 0.556. The Labute approximate surface area is 212 Å². The number of nitrogens with zero attached hydrogens (tertiary/aromatic N) is 1. The summed E-state index contributed by atoms with van der Waals surface area (Å²) in [6.45, 7) is 11.1. The number of aromatic amines is 1. The molecule has 0 bridgehead atoms. The molecule has 192 valence electrons. The first-order valence-corrected chi connectivity index (χ1v) is 12.9. The quantitative estimate of drug-likeness (QED) is 0.339. The number of carbonyl (C=O) groups excluding carboxylic acids is 1. The molecule has 1 aliphatic rings. The van der Waals surface area contributed by atoms with Crippen LogP contribution in [0.3, 0.4) is 0 Å². The molecule has 1 aromatic heterocycles. The number of H-pyrrole nitrogens is 1. The molecule has 2 aromatic rings. The van der Waals surface area contributed by atoms with Gasteiger partial charge in [0.1, 0.15) is 6.23 Å². The van der Waals surface area contributed by atoms with Crippen molar-refractivity contribution in [1.29, 1.82) is 0 Å². The molecule has 7 nitrogen and oxygen atoms in total. The van der Waals surface area contributed by atoms with Gasteiger partial charge < -0.3 is 19.7 Å². The van der Waals surface area contributed by atoms with Gasteiger partial charge in [-0.2, -0.15) is 0 Å². The van der Waals surface area contributed by atoms with E-state index in [-0.39, 0.29) is 30.0 Å². The molecule has 1 heterocycles. The van der Waals surface area contributed by atoms with Crippen LogP contribution in [0.4, 0.5) is 5.69 Å². The first kappa shape index (κ1) is 27.2. The Morgan fingerprint density at radius 1 is 1.20 bits per heavy atom. The summed E-state index contributed by atoms with van der Waals surface area (Å²) in [6.07, 6.45) is 2.43. The lowest BCUT2D eigenvalue weighted by molar-refractivity contribution is -0.149. The van der Waals surface area contributed by atoms with E-state index in [1.807, 2.05) is 39.8 Å². The van der Waals surface area contributed by atoms with Crippen molar-refractivity contribution in [2.75, 3.05) is 18.1 Å².